The van der Waals surface area contributed by atoms with E-state index in [9.17, 15) is 0 Å². The molecule has 0 saturated heterocycles. The van der Waals surface area contributed by atoms with Gasteiger partial charge in [-0.05, 0) is 6.92 Å². The van der Waals surface area contributed by atoms with Crippen molar-refractivity contribution in [3.63, 3.8) is 0 Å². The second-order valence-corrected chi connectivity index (χ2v) is 2.39. The standard InChI is InChI=1S/C8H12O2/c1-4-8(9-3)6-7(8)10-5-2/h1,7H,5-6H2,2-3H3/t7-,8+/m1/s1. The number of ether oxygens (including phenoxy) is 2. The van der Waals surface area contributed by atoms with E-state index >= 15 is 0 Å². The maximum atomic E-state index is 5.28. The molecule has 0 aliphatic heterocycles. The van der Waals surface area contributed by atoms with Gasteiger partial charge in [-0.15, -0.1) is 6.42 Å². The molecule has 10 heavy (non-hydrogen) atoms. The number of hydrogen-bond acceptors (Lipinski definition) is 2. The van der Waals surface area contributed by atoms with Crippen LogP contribution < -0.4 is 0 Å². The molecule has 0 aromatic heterocycles. The third-order valence-electron chi connectivity index (χ3n) is 1.83. The Morgan fingerprint density at radius 2 is 2.50 bits per heavy atom. The van der Waals surface area contributed by atoms with Crippen molar-refractivity contribution in [1.29, 1.82) is 0 Å². The lowest BCUT2D eigenvalue weighted by Crippen LogP contribution is -2.16. The highest BCUT2D eigenvalue weighted by Crippen LogP contribution is 2.41. The van der Waals surface area contributed by atoms with Crippen LogP contribution in [0.4, 0.5) is 0 Å². The predicted octanol–water partition coefficient (Wildman–Crippen LogP) is 0.814. The van der Waals surface area contributed by atoms with Crippen LogP contribution >= 0.6 is 0 Å². The molecular formula is C8H12O2. The van der Waals surface area contributed by atoms with Crippen molar-refractivity contribution in [3.05, 3.63) is 0 Å². The van der Waals surface area contributed by atoms with Gasteiger partial charge in [-0.3, -0.25) is 0 Å². The summed E-state index contributed by atoms with van der Waals surface area (Å²) in [5.41, 5.74) is -0.393. The fraction of sp³-hybridized carbons (Fsp3) is 0.750. The molecule has 0 radical (unpaired) electrons. The lowest BCUT2D eigenvalue weighted by Gasteiger charge is -2.06. The van der Waals surface area contributed by atoms with Gasteiger partial charge in [-0.1, -0.05) is 5.92 Å². The van der Waals surface area contributed by atoms with Crippen molar-refractivity contribution in [2.24, 2.45) is 0 Å². The molecule has 56 valence electrons. The van der Waals surface area contributed by atoms with Gasteiger partial charge in [0.25, 0.3) is 0 Å². The summed E-state index contributed by atoms with van der Waals surface area (Å²) in [6.07, 6.45) is 6.22. The highest BCUT2D eigenvalue weighted by molar-refractivity contribution is 5.25. The van der Waals surface area contributed by atoms with E-state index in [-0.39, 0.29) is 6.10 Å². The van der Waals surface area contributed by atoms with E-state index in [0.29, 0.717) is 6.61 Å². The van der Waals surface area contributed by atoms with Gasteiger partial charge < -0.3 is 9.47 Å². The Balaban J connectivity index is 2.39. The molecule has 0 spiro atoms. The van der Waals surface area contributed by atoms with Crippen molar-refractivity contribution in [2.75, 3.05) is 13.7 Å². The summed E-state index contributed by atoms with van der Waals surface area (Å²) in [7, 11) is 1.62. The first-order valence-electron chi connectivity index (χ1n) is 3.43. The van der Waals surface area contributed by atoms with E-state index in [1.807, 2.05) is 6.92 Å². The third kappa shape index (κ3) is 1.03. The van der Waals surface area contributed by atoms with Crippen LogP contribution in [-0.4, -0.2) is 25.4 Å². The van der Waals surface area contributed by atoms with Gasteiger partial charge in [-0.25, -0.2) is 0 Å². The Labute approximate surface area is 61.5 Å². The molecule has 2 nitrogen and oxygen atoms in total. The molecule has 0 aromatic carbocycles. The highest BCUT2D eigenvalue weighted by Gasteiger charge is 2.55. The SMILES string of the molecule is C#C[C@]1(OC)C[C@H]1OCC. The minimum Gasteiger partial charge on any atom is -0.374 e. The van der Waals surface area contributed by atoms with Gasteiger partial charge in [0, 0.05) is 20.1 Å². The summed E-state index contributed by atoms with van der Waals surface area (Å²) < 4.78 is 10.4. The van der Waals surface area contributed by atoms with E-state index in [1.165, 1.54) is 0 Å². The normalized spacial score (nSPS) is 37.1. The van der Waals surface area contributed by atoms with E-state index in [0.717, 1.165) is 6.42 Å². The topological polar surface area (TPSA) is 18.5 Å². The Hall–Kier alpha value is -0.520. The molecule has 1 fully saturated rings. The van der Waals surface area contributed by atoms with Crippen molar-refractivity contribution in [3.8, 4) is 12.3 Å². The Bertz CT molecular complexity index is 159. The minimum absolute atomic E-state index is 0.132. The zero-order chi connectivity index (χ0) is 7.61. The summed E-state index contributed by atoms with van der Waals surface area (Å²) >= 11 is 0. The molecule has 0 aromatic rings. The summed E-state index contributed by atoms with van der Waals surface area (Å²) in [6.45, 7) is 2.66. The lowest BCUT2D eigenvalue weighted by atomic mass is 10.3. The fourth-order valence-corrected chi connectivity index (χ4v) is 1.04. The van der Waals surface area contributed by atoms with E-state index in [2.05, 4.69) is 5.92 Å². The molecule has 0 bridgehead atoms. The quantitative estimate of drug-likeness (QED) is 0.540. The molecule has 1 rings (SSSR count). The van der Waals surface area contributed by atoms with Crippen molar-refractivity contribution < 1.29 is 9.47 Å². The Morgan fingerprint density at radius 1 is 1.80 bits per heavy atom. The molecule has 2 heteroatoms. The molecule has 0 unspecified atom stereocenters. The first-order chi connectivity index (χ1) is 4.79. The maximum absolute atomic E-state index is 5.28. The van der Waals surface area contributed by atoms with Gasteiger partial charge in [0.2, 0.25) is 0 Å². The second kappa shape index (κ2) is 2.61. The molecule has 1 aliphatic rings. The minimum atomic E-state index is -0.393. The zero-order valence-electron chi connectivity index (χ0n) is 6.39. The van der Waals surface area contributed by atoms with Crippen LogP contribution in [0.25, 0.3) is 0 Å². The number of methoxy groups -OCH3 is 1. The molecule has 0 heterocycles. The monoisotopic (exact) mass is 140 g/mol. The van der Waals surface area contributed by atoms with Crippen LogP contribution in [0.15, 0.2) is 0 Å². The average Bonchev–Trinajstić information content (AvgIpc) is 2.65. The van der Waals surface area contributed by atoms with E-state index in [1.54, 1.807) is 7.11 Å². The second-order valence-electron chi connectivity index (χ2n) is 2.39. The Morgan fingerprint density at radius 3 is 2.80 bits per heavy atom. The van der Waals surface area contributed by atoms with Gasteiger partial charge in [0.15, 0.2) is 5.60 Å². The maximum Gasteiger partial charge on any atom is 0.156 e. The molecular weight excluding hydrogens is 128 g/mol. The highest BCUT2D eigenvalue weighted by atomic mass is 16.6. The fourth-order valence-electron chi connectivity index (χ4n) is 1.04. The first-order valence-corrected chi connectivity index (χ1v) is 3.43. The number of terminal acetylenes is 1. The largest absolute Gasteiger partial charge is 0.374 e. The van der Waals surface area contributed by atoms with Crippen LogP contribution in [0.5, 0.6) is 0 Å². The van der Waals surface area contributed by atoms with Gasteiger partial charge >= 0.3 is 0 Å². The molecule has 0 N–H and O–H groups in total. The molecule has 2 atom stereocenters. The van der Waals surface area contributed by atoms with Crippen LogP contribution in [0.1, 0.15) is 13.3 Å². The predicted molar refractivity (Wildman–Crippen MR) is 38.6 cm³/mol. The van der Waals surface area contributed by atoms with Gasteiger partial charge in [-0.2, -0.15) is 0 Å². The molecule has 1 saturated carbocycles. The van der Waals surface area contributed by atoms with Crippen LogP contribution in [0.2, 0.25) is 0 Å². The number of hydrogen-bond donors (Lipinski definition) is 0. The molecule has 0 amide bonds. The van der Waals surface area contributed by atoms with Crippen molar-refractivity contribution in [1.82, 2.24) is 0 Å². The summed E-state index contributed by atoms with van der Waals surface area (Å²) in [5, 5.41) is 0. The van der Waals surface area contributed by atoms with E-state index in [4.69, 9.17) is 15.9 Å². The van der Waals surface area contributed by atoms with Crippen LogP contribution in [-0.2, 0) is 9.47 Å². The lowest BCUT2D eigenvalue weighted by molar-refractivity contribution is 0.0404. The first kappa shape index (κ1) is 7.59. The van der Waals surface area contributed by atoms with Crippen LogP contribution in [0.3, 0.4) is 0 Å². The summed E-state index contributed by atoms with van der Waals surface area (Å²) in [4.78, 5) is 0. The summed E-state index contributed by atoms with van der Waals surface area (Å²) in [6, 6.07) is 0. The summed E-state index contributed by atoms with van der Waals surface area (Å²) in [5.74, 6) is 2.59. The van der Waals surface area contributed by atoms with Gasteiger partial charge in [0.05, 0.1) is 0 Å². The number of rotatable bonds is 3. The van der Waals surface area contributed by atoms with E-state index < -0.39 is 5.60 Å². The van der Waals surface area contributed by atoms with Crippen molar-refractivity contribution in [2.45, 2.75) is 25.0 Å². The third-order valence-corrected chi connectivity index (χ3v) is 1.83. The zero-order valence-corrected chi connectivity index (χ0v) is 6.39. The van der Waals surface area contributed by atoms with Crippen LogP contribution in [0, 0.1) is 12.3 Å². The molecule has 1 aliphatic carbocycles. The smallest absolute Gasteiger partial charge is 0.156 e. The van der Waals surface area contributed by atoms with Crippen molar-refractivity contribution >= 4 is 0 Å². The Kier molecular flexibility index (Phi) is 1.98. The van der Waals surface area contributed by atoms with Gasteiger partial charge in [0.1, 0.15) is 6.10 Å². The average molecular weight is 140 g/mol.